The molecule has 158 valence electrons. The number of rotatable bonds is 9. The monoisotopic (exact) mass is 427 g/mol. The third-order valence-corrected chi connectivity index (χ3v) is 5.15. The summed E-state index contributed by atoms with van der Waals surface area (Å²) >= 11 is 6.11. The lowest BCUT2D eigenvalue weighted by molar-refractivity contribution is 0.206. The lowest BCUT2D eigenvalue weighted by atomic mass is 10.2. The summed E-state index contributed by atoms with van der Waals surface area (Å²) in [5, 5.41) is 3.52. The lowest BCUT2D eigenvalue weighted by Gasteiger charge is -2.24. The van der Waals surface area contributed by atoms with Gasteiger partial charge >= 0.3 is 6.03 Å². The maximum Gasteiger partial charge on any atom is 0.322 e. The summed E-state index contributed by atoms with van der Waals surface area (Å²) in [6, 6.07) is 17.5. The van der Waals surface area contributed by atoms with E-state index >= 15 is 0 Å². The third-order valence-electron chi connectivity index (χ3n) is 4.91. The van der Waals surface area contributed by atoms with Crippen LogP contribution in [0.1, 0.15) is 37.4 Å². The van der Waals surface area contributed by atoms with Gasteiger partial charge in [0.25, 0.3) is 0 Å². The van der Waals surface area contributed by atoms with Crippen LogP contribution in [0.4, 0.5) is 14.9 Å². The fourth-order valence-corrected chi connectivity index (χ4v) is 3.56. The number of urea groups is 1. The molecule has 0 saturated carbocycles. The molecule has 0 unspecified atom stereocenters. The number of nitrogens with one attached hydrogen (secondary N) is 1. The normalized spacial score (nSPS) is 10.8. The molecule has 4 nitrogen and oxygen atoms in total. The first-order chi connectivity index (χ1) is 14.5. The first kappa shape index (κ1) is 21.9. The van der Waals surface area contributed by atoms with E-state index in [9.17, 15) is 9.18 Å². The Morgan fingerprint density at radius 3 is 2.70 bits per heavy atom. The van der Waals surface area contributed by atoms with Crippen molar-refractivity contribution in [2.45, 2.75) is 39.3 Å². The standard InChI is InChI=1S/C24H27ClFN3O/c1-2-3-4-13-29(24(30)27-22-11-6-10-21(26)16-22)18-23-12-7-14-28(23)17-19-8-5-9-20(25)15-19/h5-12,14-16H,2-4,13,17-18H2,1H3,(H,27,30). The fourth-order valence-electron chi connectivity index (χ4n) is 3.35. The maximum atomic E-state index is 13.5. The van der Waals surface area contributed by atoms with Crippen LogP contribution >= 0.6 is 11.6 Å². The molecular formula is C24H27ClFN3O. The summed E-state index contributed by atoms with van der Waals surface area (Å²) in [5.74, 6) is -0.374. The number of carbonyl (C=O) groups excluding carboxylic acids is 1. The summed E-state index contributed by atoms with van der Waals surface area (Å²) < 4.78 is 15.6. The van der Waals surface area contributed by atoms with Crippen molar-refractivity contribution in [3.8, 4) is 0 Å². The average Bonchev–Trinajstić information content (AvgIpc) is 3.14. The summed E-state index contributed by atoms with van der Waals surface area (Å²) in [6.45, 7) is 3.92. The van der Waals surface area contributed by atoms with Crippen molar-refractivity contribution in [3.05, 3.63) is 89.0 Å². The summed E-state index contributed by atoms with van der Waals surface area (Å²) in [6.07, 6.45) is 5.05. The third kappa shape index (κ3) is 6.36. The minimum atomic E-state index is -0.374. The highest BCUT2D eigenvalue weighted by Gasteiger charge is 2.16. The van der Waals surface area contributed by atoms with Gasteiger partial charge in [-0.15, -0.1) is 0 Å². The second kappa shape index (κ2) is 10.8. The van der Waals surface area contributed by atoms with Gasteiger partial charge in [-0.2, -0.15) is 0 Å². The van der Waals surface area contributed by atoms with E-state index in [0.717, 1.165) is 30.5 Å². The second-order valence-electron chi connectivity index (χ2n) is 7.33. The molecule has 6 heteroatoms. The molecule has 0 fully saturated rings. The number of amides is 2. The lowest BCUT2D eigenvalue weighted by Crippen LogP contribution is -2.36. The van der Waals surface area contributed by atoms with Gasteiger partial charge in [0.15, 0.2) is 0 Å². The van der Waals surface area contributed by atoms with E-state index in [1.54, 1.807) is 17.0 Å². The van der Waals surface area contributed by atoms with Crippen LogP contribution in [0.2, 0.25) is 5.02 Å². The van der Waals surface area contributed by atoms with E-state index in [-0.39, 0.29) is 11.8 Å². The number of hydrogen-bond acceptors (Lipinski definition) is 1. The van der Waals surface area contributed by atoms with Crippen molar-refractivity contribution < 1.29 is 9.18 Å². The van der Waals surface area contributed by atoms with E-state index in [4.69, 9.17) is 11.6 Å². The molecule has 30 heavy (non-hydrogen) atoms. The number of anilines is 1. The number of unbranched alkanes of at least 4 members (excludes halogenated alkanes) is 2. The molecule has 0 aliphatic rings. The number of carbonyl (C=O) groups is 1. The largest absolute Gasteiger partial charge is 0.345 e. The molecule has 3 rings (SSSR count). The van der Waals surface area contributed by atoms with Gasteiger partial charge < -0.3 is 14.8 Å². The average molecular weight is 428 g/mol. The minimum absolute atomic E-state index is 0.229. The summed E-state index contributed by atoms with van der Waals surface area (Å²) in [5.41, 5.74) is 2.58. The SMILES string of the molecule is CCCCCN(Cc1cccn1Cc1cccc(Cl)c1)C(=O)Nc1cccc(F)c1. The van der Waals surface area contributed by atoms with Gasteiger partial charge in [0.05, 0.1) is 6.54 Å². The summed E-state index contributed by atoms with van der Waals surface area (Å²) in [7, 11) is 0. The van der Waals surface area contributed by atoms with E-state index in [2.05, 4.69) is 16.8 Å². The molecule has 1 N–H and O–H groups in total. The van der Waals surface area contributed by atoms with Gasteiger partial charge in [0.1, 0.15) is 5.82 Å². The molecule has 2 amide bonds. The summed E-state index contributed by atoms with van der Waals surface area (Å²) in [4.78, 5) is 14.7. The molecule has 1 aromatic heterocycles. The molecule has 1 heterocycles. The van der Waals surface area contributed by atoms with Gasteiger partial charge in [0.2, 0.25) is 0 Å². The molecule has 0 atom stereocenters. The van der Waals surface area contributed by atoms with Crippen molar-refractivity contribution in [2.75, 3.05) is 11.9 Å². The second-order valence-corrected chi connectivity index (χ2v) is 7.76. The molecular weight excluding hydrogens is 401 g/mol. The van der Waals surface area contributed by atoms with Crippen molar-refractivity contribution >= 4 is 23.3 Å². The first-order valence-electron chi connectivity index (χ1n) is 10.2. The molecule has 0 radical (unpaired) electrons. The van der Waals surface area contributed by atoms with E-state index < -0.39 is 0 Å². The number of benzene rings is 2. The van der Waals surface area contributed by atoms with Gasteiger partial charge in [-0.05, 0) is 54.4 Å². The molecule has 0 bridgehead atoms. The highest BCUT2D eigenvalue weighted by atomic mass is 35.5. The van der Waals surface area contributed by atoms with Crippen LogP contribution in [0.25, 0.3) is 0 Å². The van der Waals surface area contributed by atoms with Crippen molar-refractivity contribution in [3.63, 3.8) is 0 Å². The quantitative estimate of drug-likeness (QED) is 0.386. The first-order valence-corrected chi connectivity index (χ1v) is 10.6. The predicted octanol–water partition coefficient (Wildman–Crippen LogP) is 6.55. The number of halogens is 2. The molecule has 0 saturated heterocycles. The Morgan fingerprint density at radius 1 is 1.10 bits per heavy atom. The zero-order valence-electron chi connectivity index (χ0n) is 17.2. The molecule has 0 spiro atoms. The van der Waals surface area contributed by atoms with Crippen molar-refractivity contribution in [1.29, 1.82) is 0 Å². The Morgan fingerprint density at radius 2 is 1.93 bits per heavy atom. The fraction of sp³-hybridized carbons (Fsp3) is 0.292. The van der Waals surface area contributed by atoms with Crippen LogP contribution in [0, 0.1) is 5.82 Å². The van der Waals surface area contributed by atoms with Gasteiger partial charge in [-0.1, -0.05) is 49.6 Å². The van der Waals surface area contributed by atoms with Crippen LogP contribution in [-0.4, -0.2) is 22.0 Å². The Labute approximate surface area is 182 Å². The molecule has 3 aromatic rings. The van der Waals surface area contributed by atoms with E-state index in [1.165, 1.54) is 12.1 Å². The van der Waals surface area contributed by atoms with Gasteiger partial charge in [-0.3, -0.25) is 0 Å². The van der Waals surface area contributed by atoms with Crippen molar-refractivity contribution in [1.82, 2.24) is 9.47 Å². The van der Waals surface area contributed by atoms with Crippen molar-refractivity contribution in [2.24, 2.45) is 0 Å². The molecule has 0 aliphatic heterocycles. The van der Waals surface area contributed by atoms with Crippen LogP contribution < -0.4 is 5.32 Å². The van der Waals surface area contributed by atoms with E-state index in [0.29, 0.717) is 30.3 Å². The molecule has 0 aliphatic carbocycles. The van der Waals surface area contributed by atoms with Crippen LogP contribution in [0.5, 0.6) is 0 Å². The Balaban J connectivity index is 1.73. The van der Waals surface area contributed by atoms with Gasteiger partial charge in [-0.25, -0.2) is 9.18 Å². The zero-order valence-corrected chi connectivity index (χ0v) is 17.9. The van der Waals surface area contributed by atoms with E-state index in [1.807, 2.05) is 42.6 Å². The number of hydrogen-bond donors (Lipinski definition) is 1. The predicted molar refractivity (Wildman–Crippen MR) is 120 cm³/mol. The van der Waals surface area contributed by atoms with Crippen LogP contribution in [0.3, 0.4) is 0 Å². The Bertz CT molecular complexity index is 972. The maximum absolute atomic E-state index is 13.5. The zero-order chi connectivity index (χ0) is 21.3. The topological polar surface area (TPSA) is 37.3 Å². The van der Waals surface area contributed by atoms with Gasteiger partial charge in [0, 0.05) is 35.7 Å². The smallest absolute Gasteiger partial charge is 0.322 e. The highest BCUT2D eigenvalue weighted by Crippen LogP contribution is 2.16. The highest BCUT2D eigenvalue weighted by molar-refractivity contribution is 6.30. The number of aromatic nitrogens is 1. The van der Waals surface area contributed by atoms with Crippen LogP contribution in [0.15, 0.2) is 66.9 Å². The minimum Gasteiger partial charge on any atom is -0.345 e. The Kier molecular flexibility index (Phi) is 7.91. The number of nitrogens with zero attached hydrogens (tertiary/aromatic N) is 2. The van der Waals surface area contributed by atoms with Crippen LogP contribution in [-0.2, 0) is 13.1 Å². The molecule has 2 aromatic carbocycles. The Hall–Kier alpha value is -2.79.